The Balaban J connectivity index is 0. The smallest absolute Gasteiger partial charge is 0.170 e. The molecular formula is C12H17O3Re-. The van der Waals surface area contributed by atoms with Gasteiger partial charge in [-0.3, -0.25) is 0 Å². The summed E-state index contributed by atoms with van der Waals surface area (Å²) in [5.41, 5.74) is 1.06. The van der Waals surface area contributed by atoms with Gasteiger partial charge in [-0.1, -0.05) is 26.0 Å². The van der Waals surface area contributed by atoms with Gasteiger partial charge in [-0.25, -0.2) is 0 Å². The van der Waals surface area contributed by atoms with Crippen molar-refractivity contribution in [3.63, 3.8) is 0 Å². The quantitative estimate of drug-likeness (QED) is 0.720. The summed E-state index contributed by atoms with van der Waals surface area (Å²) in [6.07, 6.45) is 0. The van der Waals surface area contributed by atoms with Crippen LogP contribution in [0.4, 0.5) is 0 Å². The van der Waals surface area contributed by atoms with E-state index in [2.05, 4.69) is 4.74 Å². The van der Waals surface area contributed by atoms with E-state index in [1.807, 2.05) is 32.9 Å². The molecule has 1 rings (SSSR count). The van der Waals surface area contributed by atoms with Gasteiger partial charge in [0.25, 0.3) is 0 Å². The predicted molar refractivity (Wildman–Crippen MR) is 59.4 cm³/mol. The second-order valence-electron chi connectivity index (χ2n) is 2.47. The Kier molecular flexibility index (Phi) is 13.7. The molecule has 3 nitrogen and oxygen atoms in total. The van der Waals surface area contributed by atoms with Crippen LogP contribution >= 0.6 is 0 Å². The zero-order chi connectivity index (χ0) is 11.5. The molecule has 0 spiro atoms. The van der Waals surface area contributed by atoms with Crippen LogP contribution in [-0.2, 0) is 36.6 Å². The van der Waals surface area contributed by atoms with Crippen molar-refractivity contribution in [3.05, 3.63) is 29.8 Å². The topological polar surface area (TPSA) is 35.5 Å². The minimum Gasteiger partial charge on any atom is -0.610 e. The average molecular weight is 395 g/mol. The van der Waals surface area contributed by atoms with Crippen LogP contribution < -0.4 is 4.74 Å². The summed E-state index contributed by atoms with van der Waals surface area (Å²) in [6.45, 7) is 8.59. The molecule has 1 radical (unpaired) electrons. The normalized spacial score (nSPS) is 8.19. The Morgan fingerprint density at radius 3 is 2.19 bits per heavy atom. The maximum absolute atomic E-state index is 9.86. The van der Waals surface area contributed by atoms with E-state index in [0.717, 1.165) is 5.56 Å². The summed E-state index contributed by atoms with van der Waals surface area (Å²) in [5.74, 6) is 0.496. The van der Waals surface area contributed by atoms with Crippen molar-refractivity contribution < 1.29 is 34.7 Å². The van der Waals surface area contributed by atoms with Crippen molar-refractivity contribution in [3.8, 4) is 5.75 Å². The van der Waals surface area contributed by atoms with Crippen LogP contribution in [0.3, 0.4) is 0 Å². The zero-order valence-electron chi connectivity index (χ0n) is 9.83. The summed E-state index contributed by atoms with van der Waals surface area (Å²) in [7, 11) is 0. The third kappa shape index (κ3) is 7.58. The molecule has 0 aromatic heterocycles. The second kappa shape index (κ2) is 12.4. The van der Waals surface area contributed by atoms with Crippen LogP contribution in [0.5, 0.6) is 5.75 Å². The van der Waals surface area contributed by atoms with Gasteiger partial charge in [-0.05, 0) is 18.2 Å². The van der Waals surface area contributed by atoms with Crippen LogP contribution in [0, 0.1) is 0 Å². The van der Waals surface area contributed by atoms with Crippen molar-refractivity contribution in [2.45, 2.75) is 27.4 Å². The molecule has 0 N–H and O–H groups in total. The first kappa shape index (κ1) is 17.7. The molecule has 0 bridgehead atoms. The van der Waals surface area contributed by atoms with Gasteiger partial charge in [-0.15, -0.1) is 12.1 Å². The van der Waals surface area contributed by atoms with Gasteiger partial charge < -0.3 is 14.3 Å². The van der Waals surface area contributed by atoms with Crippen molar-refractivity contribution in [1.82, 2.24) is 0 Å². The SMILES string of the molecule is CC.CCOCc1ccc(O[C-]=O)cc1.[Re]. The molecule has 1 aromatic rings. The molecule has 16 heavy (non-hydrogen) atoms. The Labute approximate surface area is 111 Å². The van der Waals surface area contributed by atoms with E-state index < -0.39 is 0 Å². The molecule has 0 aliphatic heterocycles. The van der Waals surface area contributed by atoms with E-state index in [4.69, 9.17) is 4.74 Å². The summed E-state index contributed by atoms with van der Waals surface area (Å²) in [6, 6.07) is 7.11. The predicted octanol–water partition coefficient (Wildman–Crippen LogP) is 2.69. The molecule has 0 fully saturated rings. The minimum absolute atomic E-state index is 0. The third-order valence-corrected chi connectivity index (χ3v) is 1.56. The maximum Gasteiger partial charge on any atom is 0.170 e. The Morgan fingerprint density at radius 1 is 1.19 bits per heavy atom. The fraction of sp³-hybridized carbons (Fsp3) is 0.417. The molecule has 0 heterocycles. The van der Waals surface area contributed by atoms with Crippen LogP contribution in [-0.4, -0.2) is 13.1 Å². The molecule has 0 unspecified atom stereocenters. The first-order chi connectivity index (χ1) is 7.36. The summed E-state index contributed by atoms with van der Waals surface area (Å²) in [4.78, 5) is 9.86. The van der Waals surface area contributed by atoms with Crippen molar-refractivity contribution in [1.29, 1.82) is 0 Å². The van der Waals surface area contributed by atoms with E-state index in [1.54, 1.807) is 12.1 Å². The first-order valence-corrected chi connectivity index (χ1v) is 5.07. The Bertz CT molecular complexity index is 259. The van der Waals surface area contributed by atoms with Gasteiger partial charge in [0.05, 0.1) is 6.61 Å². The van der Waals surface area contributed by atoms with E-state index in [-0.39, 0.29) is 20.4 Å². The monoisotopic (exact) mass is 396 g/mol. The number of benzene rings is 1. The zero-order valence-corrected chi connectivity index (χ0v) is 12.5. The molecule has 0 aliphatic carbocycles. The van der Waals surface area contributed by atoms with Gasteiger partial charge in [-0.2, -0.15) is 0 Å². The van der Waals surface area contributed by atoms with Gasteiger partial charge in [0.2, 0.25) is 0 Å². The molecular weight excluding hydrogens is 378 g/mol. The van der Waals surface area contributed by atoms with Crippen molar-refractivity contribution >= 4 is 6.47 Å². The fourth-order valence-electron chi connectivity index (χ4n) is 0.922. The fourth-order valence-corrected chi connectivity index (χ4v) is 0.922. The van der Waals surface area contributed by atoms with Gasteiger partial charge in [0, 0.05) is 27.0 Å². The van der Waals surface area contributed by atoms with Crippen molar-refractivity contribution in [2.24, 2.45) is 0 Å². The van der Waals surface area contributed by atoms with E-state index in [1.165, 1.54) is 6.47 Å². The number of rotatable bonds is 5. The van der Waals surface area contributed by atoms with Crippen LogP contribution in [0.15, 0.2) is 24.3 Å². The number of ether oxygens (including phenoxy) is 2. The Hall–Kier alpha value is -0.688. The van der Waals surface area contributed by atoms with Crippen LogP contribution in [0.25, 0.3) is 0 Å². The standard InChI is InChI=1S/C10H11O3.C2H6.Re/c1-2-12-7-9-3-5-10(6-4-9)13-8-11;1-2;/h3-6H,2,7H2,1H3;1-2H3;/q-1;;. The molecule has 0 amide bonds. The Morgan fingerprint density at radius 2 is 1.75 bits per heavy atom. The van der Waals surface area contributed by atoms with Crippen molar-refractivity contribution in [2.75, 3.05) is 6.61 Å². The summed E-state index contributed by atoms with van der Waals surface area (Å²) >= 11 is 0. The largest absolute Gasteiger partial charge is 0.610 e. The van der Waals surface area contributed by atoms with E-state index in [0.29, 0.717) is 19.0 Å². The molecule has 4 heteroatoms. The average Bonchev–Trinajstić information content (AvgIpc) is 2.31. The van der Waals surface area contributed by atoms with Crippen LogP contribution in [0.2, 0.25) is 0 Å². The first-order valence-electron chi connectivity index (χ1n) is 5.07. The number of carbonyl (C=O) groups excluding carboxylic acids is 1. The molecule has 0 saturated carbocycles. The number of hydrogen-bond acceptors (Lipinski definition) is 3. The minimum atomic E-state index is 0. The van der Waals surface area contributed by atoms with Gasteiger partial charge in [0.1, 0.15) is 0 Å². The molecule has 0 saturated heterocycles. The van der Waals surface area contributed by atoms with E-state index >= 15 is 0 Å². The third-order valence-electron chi connectivity index (χ3n) is 1.56. The van der Waals surface area contributed by atoms with E-state index in [9.17, 15) is 4.79 Å². The number of hydrogen-bond donors (Lipinski definition) is 0. The molecule has 0 atom stereocenters. The van der Waals surface area contributed by atoms with Crippen LogP contribution in [0.1, 0.15) is 26.3 Å². The summed E-state index contributed by atoms with van der Waals surface area (Å²) < 4.78 is 9.72. The molecule has 91 valence electrons. The second-order valence-corrected chi connectivity index (χ2v) is 2.47. The molecule has 1 aromatic carbocycles. The maximum atomic E-state index is 9.86. The van der Waals surface area contributed by atoms with Gasteiger partial charge >= 0.3 is 0 Å². The van der Waals surface area contributed by atoms with Gasteiger partial charge in [0.15, 0.2) is 6.47 Å². The summed E-state index contributed by atoms with van der Waals surface area (Å²) in [5, 5.41) is 0. The molecule has 0 aliphatic rings.